The summed E-state index contributed by atoms with van der Waals surface area (Å²) in [6.07, 6.45) is 0. The van der Waals surface area contributed by atoms with Crippen LogP contribution in [0.1, 0.15) is 47.1 Å². The topological polar surface area (TPSA) is 37.3 Å². The molecule has 0 bridgehead atoms. The van der Waals surface area contributed by atoms with Gasteiger partial charge in [-0.2, -0.15) is 0 Å². The van der Waals surface area contributed by atoms with Gasteiger partial charge in [-0.15, -0.1) is 11.3 Å². The zero-order valence-corrected chi connectivity index (χ0v) is 14.4. The van der Waals surface area contributed by atoms with E-state index in [2.05, 4.69) is 15.9 Å². The zero-order chi connectivity index (χ0) is 15.1. The fraction of sp³-hybridized carbons (Fsp3) is 0.312. The lowest BCUT2D eigenvalue weighted by Gasteiger charge is -2.22. The second-order valence-corrected chi connectivity index (χ2v) is 8.34. The van der Waals surface area contributed by atoms with E-state index in [0.717, 1.165) is 14.9 Å². The number of phenolic OH excluding ortho intramolecular Hbond substituents is 1. The fourth-order valence-electron chi connectivity index (χ4n) is 2.06. The van der Waals surface area contributed by atoms with Crippen LogP contribution in [0.3, 0.4) is 0 Å². The van der Waals surface area contributed by atoms with Crippen molar-refractivity contribution in [2.24, 2.45) is 0 Å². The Labute approximate surface area is 131 Å². The monoisotopic (exact) mass is 352 g/mol. The molecule has 0 aliphatic rings. The van der Waals surface area contributed by atoms with Gasteiger partial charge in [0.15, 0.2) is 0 Å². The van der Waals surface area contributed by atoms with E-state index in [0.29, 0.717) is 10.4 Å². The van der Waals surface area contributed by atoms with Crippen molar-refractivity contribution in [3.05, 3.63) is 49.6 Å². The van der Waals surface area contributed by atoms with Crippen molar-refractivity contribution in [1.29, 1.82) is 0 Å². The van der Waals surface area contributed by atoms with Crippen LogP contribution in [0.4, 0.5) is 0 Å². The molecule has 0 fully saturated rings. The molecule has 0 saturated heterocycles. The number of ketones is 1. The van der Waals surface area contributed by atoms with E-state index in [1.165, 1.54) is 11.3 Å². The highest BCUT2D eigenvalue weighted by molar-refractivity contribution is 9.11. The Kier molecular flexibility index (Phi) is 4.07. The van der Waals surface area contributed by atoms with Gasteiger partial charge in [-0.3, -0.25) is 4.79 Å². The molecule has 0 aliphatic heterocycles. The predicted molar refractivity (Wildman–Crippen MR) is 87.0 cm³/mol. The summed E-state index contributed by atoms with van der Waals surface area (Å²) >= 11 is 4.79. The maximum atomic E-state index is 12.5. The van der Waals surface area contributed by atoms with Crippen LogP contribution in [-0.2, 0) is 5.41 Å². The van der Waals surface area contributed by atoms with E-state index in [1.807, 2.05) is 39.8 Å². The van der Waals surface area contributed by atoms with Crippen molar-refractivity contribution in [2.45, 2.75) is 33.1 Å². The number of halogens is 1. The largest absolute Gasteiger partial charge is 0.507 e. The maximum absolute atomic E-state index is 12.5. The third-order valence-electron chi connectivity index (χ3n) is 3.17. The molecule has 2 nitrogen and oxygen atoms in total. The Morgan fingerprint density at radius 3 is 2.40 bits per heavy atom. The number of benzene rings is 1. The summed E-state index contributed by atoms with van der Waals surface area (Å²) in [5.41, 5.74) is 1.95. The first-order valence-corrected chi connectivity index (χ1v) is 7.95. The number of thiophene rings is 1. The number of hydrogen-bond acceptors (Lipinski definition) is 3. The van der Waals surface area contributed by atoms with Gasteiger partial charge in [0.05, 0.1) is 8.66 Å². The Balaban J connectivity index is 2.53. The highest BCUT2D eigenvalue weighted by atomic mass is 79.9. The molecule has 0 aliphatic carbocycles. The number of aromatic hydroxyl groups is 1. The lowest BCUT2D eigenvalue weighted by Crippen LogP contribution is -2.13. The van der Waals surface area contributed by atoms with Gasteiger partial charge in [-0.25, -0.2) is 0 Å². The first-order chi connectivity index (χ1) is 9.20. The number of phenols is 1. The number of hydrogen-bond donors (Lipinski definition) is 1. The number of carbonyl (C=O) groups is 1. The Bertz CT molecular complexity index is 666. The lowest BCUT2D eigenvalue weighted by molar-refractivity contribution is 0.104. The van der Waals surface area contributed by atoms with Gasteiger partial charge in [0.25, 0.3) is 0 Å². The molecule has 0 atom stereocenters. The minimum Gasteiger partial charge on any atom is -0.507 e. The van der Waals surface area contributed by atoms with Crippen LogP contribution in [-0.4, -0.2) is 10.9 Å². The summed E-state index contributed by atoms with van der Waals surface area (Å²) in [5, 5.41) is 10.2. The van der Waals surface area contributed by atoms with E-state index in [4.69, 9.17) is 0 Å². The summed E-state index contributed by atoms with van der Waals surface area (Å²) in [7, 11) is 0. The zero-order valence-electron chi connectivity index (χ0n) is 12.0. The molecule has 1 heterocycles. The molecule has 2 rings (SSSR count). The highest BCUT2D eigenvalue weighted by Crippen LogP contribution is 2.35. The fourth-order valence-corrected chi connectivity index (χ4v) is 3.41. The maximum Gasteiger partial charge on any atom is 0.203 e. The molecule has 0 radical (unpaired) electrons. The molecule has 1 N–H and O–H groups in total. The van der Waals surface area contributed by atoms with Gasteiger partial charge < -0.3 is 5.11 Å². The second-order valence-electron chi connectivity index (χ2n) is 5.87. The predicted octanol–water partition coefficient (Wildman–Crippen LogP) is 5.05. The number of rotatable bonds is 2. The van der Waals surface area contributed by atoms with E-state index in [1.54, 1.807) is 12.1 Å². The van der Waals surface area contributed by atoms with Crippen LogP contribution in [0.15, 0.2) is 28.1 Å². The summed E-state index contributed by atoms with van der Waals surface area (Å²) in [6.45, 7) is 7.90. The van der Waals surface area contributed by atoms with Crippen LogP contribution in [0.5, 0.6) is 5.75 Å². The molecule has 0 saturated carbocycles. The van der Waals surface area contributed by atoms with Crippen molar-refractivity contribution in [3.63, 3.8) is 0 Å². The van der Waals surface area contributed by atoms with Crippen LogP contribution < -0.4 is 0 Å². The summed E-state index contributed by atoms with van der Waals surface area (Å²) in [5.74, 6) is 0.274. The second kappa shape index (κ2) is 5.34. The average Bonchev–Trinajstić information content (AvgIpc) is 2.76. The van der Waals surface area contributed by atoms with E-state index in [-0.39, 0.29) is 16.9 Å². The molecule has 2 aromatic rings. The average molecular weight is 353 g/mol. The van der Waals surface area contributed by atoms with E-state index >= 15 is 0 Å². The van der Waals surface area contributed by atoms with Crippen molar-refractivity contribution in [1.82, 2.24) is 0 Å². The molecular weight excluding hydrogens is 336 g/mol. The van der Waals surface area contributed by atoms with Crippen LogP contribution >= 0.6 is 27.3 Å². The molecule has 4 heteroatoms. The van der Waals surface area contributed by atoms with Gasteiger partial charge in [0.2, 0.25) is 5.78 Å². The molecular formula is C16H17BrO2S. The van der Waals surface area contributed by atoms with E-state index < -0.39 is 0 Å². The van der Waals surface area contributed by atoms with Crippen LogP contribution in [0.2, 0.25) is 0 Å². The van der Waals surface area contributed by atoms with Crippen molar-refractivity contribution in [2.75, 3.05) is 0 Å². The minimum absolute atomic E-state index is 0.00528. The molecule has 0 spiro atoms. The van der Waals surface area contributed by atoms with Crippen molar-refractivity contribution >= 4 is 33.0 Å². The quantitative estimate of drug-likeness (QED) is 0.767. The first kappa shape index (κ1) is 15.3. The Morgan fingerprint density at radius 2 is 1.90 bits per heavy atom. The normalized spacial score (nSPS) is 11.7. The molecule has 0 amide bonds. The first-order valence-electron chi connectivity index (χ1n) is 6.34. The highest BCUT2D eigenvalue weighted by Gasteiger charge is 2.22. The van der Waals surface area contributed by atoms with Crippen LogP contribution in [0.25, 0.3) is 0 Å². The van der Waals surface area contributed by atoms with Gasteiger partial charge in [-0.1, -0.05) is 20.8 Å². The smallest absolute Gasteiger partial charge is 0.203 e. The van der Waals surface area contributed by atoms with E-state index in [9.17, 15) is 9.90 Å². The molecule has 1 aromatic heterocycles. The van der Waals surface area contributed by atoms with Crippen molar-refractivity contribution < 1.29 is 9.90 Å². The Morgan fingerprint density at radius 1 is 1.25 bits per heavy atom. The molecule has 0 unspecified atom stereocenters. The third kappa shape index (κ3) is 2.96. The van der Waals surface area contributed by atoms with Gasteiger partial charge in [-0.05, 0) is 58.1 Å². The number of aryl methyl sites for hydroxylation is 1. The Hall–Kier alpha value is -1.13. The summed E-state index contributed by atoms with van der Waals surface area (Å²) in [6, 6.07) is 7.24. The third-order valence-corrected chi connectivity index (χ3v) is 4.79. The summed E-state index contributed by atoms with van der Waals surface area (Å²) in [4.78, 5) is 13.2. The lowest BCUT2D eigenvalue weighted by atomic mass is 9.83. The standard InChI is InChI=1S/C16H17BrO2S/c1-9-7-10(8-11(14(9)18)16(2,3)4)15(19)12-5-6-13(17)20-12/h5-8,18H,1-4H3. The SMILES string of the molecule is Cc1cc(C(=O)c2ccc(Br)s2)cc(C(C)(C)C)c1O. The molecule has 106 valence electrons. The van der Waals surface area contributed by atoms with Gasteiger partial charge >= 0.3 is 0 Å². The molecule has 20 heavy (non-hydrogen) atoms. The van der Waals surface area contributed by atoms with Gasteiger partial charge in [0, 0.05) is 11.1 Å². The molecule has 1 aromatic carbocycles. The summed E-state index contributed by atoms with van der Waals surface area (Å²) < 4.78 is 0.937. The van der Waals surface area contributed by atoms with Crippen molar-refractivity contribution in [3.8, 4) is 5.75 Å². The number of carbonyl (C=O) groups excluding carboxylic acids is 1. The minimum atomic E-state index is -0.207. The van der Waals surface area contributed by atoms with Gasteiger partial charge in [0.1, 0.15) is 5.75 Å². The van der Waals surface area contributed by atoms with Crippen LogP contribution in [0, 0.1) is 6.92 Å².